The Morgan fingerprint density at radius 2 is 1.52 bits per heavy atom. The summed E-state index contributed by atoms with van der Waals surface area (Å²) in [6.07, 6.45) is -0.696. The molecule has 2 atom stereocenters. The third kappa shape index (κ3) is 6.21. The summed E-state index contributed by atoms with van der Waals surface area (Å²) in [6, 6.07) is 19.4. The standard InChI is InChI=1S/C17H20O3S/c18-17(12-20-11-15-7-3-1-4-8-15)14-21(19)13-16-9-5-2-6-10-16/h1-10,17-18H,11-14H2/t17-,21+/m0/s1. The zero-order chi connectivity index (χ0) is 14.9. The van der Waals surface area contributed by atoms with Crippen LogP contribution < -0.4 is 0 Å². The molecule has 2 rings (SSSR count). The summed E-state index contributed by atoms with van der Waals surface area (Å²) in [6.45, 7) is 0.665. The number of hydrogen-bond donors (Lipinski definition) is 1. The largest absolute Gasteiger partial charge is 0.390 e. The molecule has 0 spiro atoms. The third-order valence-electron chi connectivity index (χ3n) is 2.97. The van der Waals surface area contributed by atoms with E-state index >= 15 is 0 Å². The molecule has 112 valence electrons. The number of hydrogen-bond acceptors (Lipinski definition) is 3. The minimum absolute atomic E-state index is 0.204. The normalized spacial score (nSPS) is 13.8. The highest BCUT2D eigenvalue weighted by molar-refractivity contribution is 7.84. The molecule has 21 heavy (non-hydrogen) atoms. The maximum atomic E-state index is 12.0. The number of rotatable bonds is 8. The molecule has 4 heteroatoms. The highest BCUT2D eigenvalue weighted by Gasteiger charge is 2.10. The Morgan fingerprint density at radius 3 is 2.14 bits per heavy atom. The molecule has 3 nitrogen and oxygen atoms in total. The van der Waals surface area contributed by atoms with E-state index in [1.54, 1.807) is 0 Å². The van der Waals surface area contributed by atoms with Gasteiger partial charge in [-0.3, -0.25) is 4.21 Å². The van der Waals surface area contributed by atoms with Gasteiger partial charge in [0, 0.05) is 16.6 Å². The molecule has 2 aromatic carbocycles. The van der Waals surface area contributed by atoms with Gasteiger partial charge in [-0.25, -0.2) is 0 Å². The van der Waals surface area contributed by atoms with Gasteiger partial charge < -0.3 is 9.84 Å². The lowest BCUT2D eigenvalue weighted by molar-refractivity contribution is 0.0394. The molecular weight excluding hydrogens is 284 g/mol. The summed E-state index contributed by atoms with van der Waals surface area (Å²) in [4.78, 5) is 0. The Labute approximate surface area is 128 Å². The Kier molecular flexibility index (Phi) is 6.60. The van der Waals surface area contributed by atoms with Crippen molar-refractivity contribution >= 4 is 10.8 Å². The second-order valence-electron chi connectivity index (χ2n) is 4.89. The molecule has 0 heterocycles. The molecule has 0 saturated carbocycles. The lowest BCUT2D eigenvalue weighted by Crippen LogP contribution is -2.23. The van der Waals surface area contributed by atoms with Crippen molar-refractivity contribution in [3.8, 4) is 0 Å². The molecule has 0 aliphatic rings. The quantitative estimate of drug-likeness (QED) is 0.815. The third-order valence-corrected chi connectivity index (χ3v) is 4.38. The molecule has 0 saturated heterocycles. The van der Waals surface area contributed by atoms with Gasteiger partial charge in [0.15, 0.2) is 0 Å². The molecular formula is C17H20O3S. The summed E-state index contributed by atoms with van der Waals surface area (Å²) in [5, 5.41) is 9.86. The fourth-order valence-electron chi connectivity index (χ4n) is 1.97. The van der Waals surface area contributed by atoms with Crippen LogP contribution in [0.2, 0.25) is 0 Å². The fraction of sp³-hybridized carbons (Fsp3) is 0.294. The van der Waals surface area contributed by atoms with E-state index in [1.807, 2.05) is 60.7 Å². The van der Waals surface area contributed by atoms with E-state index in [-0.39, 0.29) is 12.4 Å². The first kappa shape index (κ1) is 15.9. The Hall–Kier alpha value is -1.49. The predicted molar refractivity (Wildman–Crippen MR) is 85.3 cm³/mol. The van der Waals surface area contributed by atoms with Crippen LogP contribution >= 0.6 is 0 Å². The van der Waals surface area contributed by atoms with Gasteiger partial charge in [-0.2, -0.15) is 0 Å². The minimum atomic E-state index is -1.08. The van der Waals surface area contributed by atoms with Crippen LogP contribution in [-0.2, 0) is 27.9 Å². The zero-order valence-corrected chi connectivity index (χ0v) is 12.7. The van der Waals surface area contributed by atoms with Gasteiger partial charge in [0.2, 0.25) is 0 Å². The topological polar surface area (TPSA) is 46.5 Å². The Balaban J connectivity index is 1.67. The maximum absolute atomic E-state index is 12.0. The van der Waals surface area contributed by atoms with E-state index in [4.69, 9.17) is 4.74 Å². The van der Waals surface area contributed by atoms with Crippen LogP contribution in [0.25, 0.3) is 0 Å². The van der Waals surface area contributed by atoms with Crippen LogP contribution in [-0.4, -0.2) is 27.8 Å². The van der Waals surface area contributed by atoms with Crippen molar-refractivity contribution in [3.63, 3.8) is 0 Å². The van der Waals surface area contributed by atoms with Gasteiger partial charge >= 0.3 is 0 Å². The van der Waals surface area contributed by atoms with E-state index in [0.29, 0.717) is 12.4 Å². The highest BCUT2D eigenvalue weighted by Crippen LogP contribution is 2.05. The average Bonchev–Trinajstić information content (AvgIpc) is 2.49. The first-order valence-corrected chi connectivity index (χ1v) is 8.41. The lowest BCUT2D eigenvalue weighted by atomic mass is 10.2. The van der Waals surface area contributed by atoms with Crippen molar-refractivity contribution < 1.29 is 14.1 Å². The van der Waals surface area contributed by atoms with Gasteiger partial charge in [-0.15, -0.1) is 0 Å². The van der Waals surface area contributed by atoms with Crippen LogP contribution in [0.3, 0.4) is 0 Å². The second kappa shape index (κ2) is 8.72. The minimum Gasteiger partial charge on any atom is -0.390 e. The van der Waals surface area contributed by atoms with Crippen LogP contribution in [0.1, 0.15) is 11.1 Å². The zero-order valence-electron chi connectivity index (χ0n) is 11.9. The van der Waals surface area contributed by atoms with Crippen molar-refractivity contribution in [3.05, 3.63) is 71.8 Å². The van der Waals surface area contributed by atoms with Crippen LogP contribution in [0.15, 0.2) is 60.7 Å². The second-order valence-corrected chi connectivity index (χ2v) is 6.39. The van der Waals surface area contributed by atoms with Crippen LogP contribution in [0, 0.1) is 0 Å². The summed E-state index contributed by atoms with van der Waals surface area (Å²) >= 11 is 0. The van der Waals surface area contributed by atoms with Crippen molar-refractivity contribution in [2.45, 2.75) is 18.5 Å². The van der Waals surface area contributed by atoms with Crippen LogP contribution in [0.4, 0.5) is 0 Å². The summed E-state index contributed by atoms with van der Waals surface area (Å²) in [5.41, 5.74) is 2.09. The monoisotopic (exact) mass is 304 g/mol. The van der Waals surface area contributed by atoms with Gasteiger partial charge in [-0.05, 0) is 11.1 Å². The SMILES string of the molecule is O=[S@](Cc1ccccc1)C[C@@H](O)COCc1ccccc1. The lowest BCUT2D eigenvalue weighted by Gasteiger charge is -2.11. The van der Waals surface area contributed by atoms with Gasteiger partial charge in [0.25, 0.3) is 0 Å². The molecule has 0 aliphatic carbocycles. The first-order chi connectivity index (χ1) is 10.2. The van der Waals surface area contributed by atoms with E-state index in [0.717, 1.165) is 11.1 Å². The Morgan fingerprint density at radius 1 is 0.952 bits per heavy atom. The van der Waals surface area contributed by atoms with Crippen LogP contribution in [0.5, 0.6) is 0 Å². The van der Waals surface area contributed by atoms with Crippen molar-refractivity contribution in [2.24, 2.45) is 0 Å². The summed E-state index contributed by atoms with van der Waals surface area (Å²) < 4.78 is 17.4. The molecule has 0 bridgehead atoms. The van der Waals surface area contributed by atoms with Gasteiger partial charge in [0.1, 0.15) is 0 Å². The molecule has 1 N–H and O–H groups in total. The van der Waals surface area contributed by atoms with Crippen molar-refractivity contribution in [2.75, 3.05) is 12.4 Å². The molecule has 0 radical (unpaired) electrons. The average molecular weight is 304 g/mol. The first-order valence-electron chi connectivity index (χ1n) is 6.92. The highest BCUT2D eigenvalue weighted by atomic mass is 32.2. The van der Waals surface area contributed by atoms with E-state index < -0.39 is 16.9 Å². The predicted octanol–water partition coefficient (Wildman–Crippen LogP) is 2.51. The maximum Gasteiger partial charge on any atom is 0.0888 e. The summed E-state index contributed by atoms with van der Waals surface area (Å²) in [5.74, 6) is 0.709. The number of benzene rings is 2. The van der Waals surface area contributed by atoms with E-state index in [2.05, 4.69) is 0 Å². The number of aliphatic hydroxyl groups excluding tert-OH is 1. The smallest absolute Gasteiger partial charge is 0.0888 e. The van der Waals surface area contributed by atoms with E-state index in [1.165, 1.54) is 0 Å². The van der Waals surface area contributed by atoms with Crippen molar-refractivity contribution in [1.82, 2.24) is 0 Å². The molecule has 0 unspecified atom stereocenters. The molecule has 2 aromatic rings. The molecule has 0 amide bonds. The molecule has 0 fully saturated rings. The molecule has 0 aromatic heterocycles. The summed E-state index contributed by atoms with van der Waals surface area (Å²) in [7, 11) is -1.08. The Bertz CT molecular complexity index is 542. The number of ether oxygens (including phenoxy) is 1. The van der Waals surface area contributed by atoms with Gasteiger partial charge in [0.05, 0.1) is 25.1 Å². The van der Waals surface area contributed by atoms with E-state index in [9.17, 15) is 9.32 Å². The molecule has 0 aliphatic heterocycles. The van der Waals surface area contributed by atoms with Crippen molar-refractivity contribution in [1.29, 1.82) is 0 Å². The number of aliphatic hydroxyl groups is 1. The van der Waals surface area contributed by atoms with Gasteiger partial charge in [-0.1, -0.05) is 60.7 Å². The fourth-order valence-corrected chi connectivity index (χ4v) is 3.18.